The molecule has 2 amide bonds. The lowest BCUT2D eigenvalue weighted by Gasteiger charge is -2.41. The quantitative estimate of drug-likeness (QED) is 0.586. The summed E-state index contributed by atoms with van der Waals surface area (Å²) in [7, 11) is 1.58. The van der Waals surface area contributed by atoms with E-state index in [0.29, 0.717) is 43.9 Å². The Morgan fingerprint density at radius 2 is 1.97 bits per heavy atom. The molecule has 2 aromatic carbocycles. The molecular weight excluding hydrogens is 435 g/mol. The minimum atomic E-state index is -0.654. The zero-order valence-electron chi connectivity index (χ0n) is 20.7. The number of carbonyl (C=O) groups is 2. The molecule has 0 saturated carbocycles. The van der Waals surface area contributed by atoms with Crippen LogP contribution in [0.15, 0.2) is 42.5 Å². The van der Waals surface area contributed by atoms with E-state index in [1.807, 2.05) is 56.9 Å². The van der Waals surface area contributed by atoms with E-state index >= 15 is 0 Å². The summed E-state index contributed by atoms with van der Waals surface area (Å²) in [5.41, 5.74) is 2.10. The van der Waals surface area contributed by atoms with Crippen molar-refractivity contribution in [3.05, 3.63) is 65.0 Å². The normalized spacial score (nSPS) is 16.5. The van der Waals surface area contributed by atoms with Crippen LogP contribution in [-0.2, 0) is 20.7 Å². The van der Waals surface area contributed by atoms with Gasteiger partial charge in [0.15, 0.2) is 6.10 Å². The Hall–Kier alpha value is -2.93. The molecule has 2 aromatic rings. The van der Waals surface area contributed by atoms with Gasteiger partial charge in [-0.1, -0.05) is 45.9 Å². The minimum Gasteiger partial charge on any atom is -0.481 e. The molecule has 184 valence electrons. The highest BCUT2D eigenvalue weighted by molar-refractivity contribution is 5.83. The predicted molar refractivity (Wildman–Crippen MR) is 129 cm³/mol. The number of ether oxygens (including phenoxy) is 2. The van der Waals surface area contributed by atoms with Gasteiger partial charge in [0, 0.05) is 25.6 Å². The lowest BCUT2D eigenvalue weighted by Crippen LogP contribution is -2.45. The zero-order valence-corrected chi connectivity index (χ0v) is 20.7. The third-order valence-electron chi connectivity index (χ3n) is 5.96. The van der Waals surface area contributed by atoms with Gasteiger partial charge < -0.3 is 19.7 Å². The standard InChI is InChI=1S/C27H35FN2O4/c1-6-23(25(31)29-13-15-33-5)34-21-11-10-18-12-14-30(26(32)27(2,3)4)24(22(18)17-21)19-8-7-9-20(28)16-19/h7-11,16-17,23-24H,6,12-15H2,1-5H3,(H,29,31)/t23-,24+/m1/s1. The van der Waals surface area contributed by atoms with Crippen LogP contribution in [0.5, 0.6) is 5.75 Å². The van der Waals surface area contributed by atoms with Crippen LogP contribution >= 0.6 is 0 Å². The van der Waals surface area contributed by atoms with Gasteiger partial charge in [-0.25, -0.2) is 4.39 Å². The van der Waals surface area contributed by atoms with Crippen molar-refractivity contribution in [2.75, 3.05) is 26.8 Å². The summed E-state index contributed by atoms with van der Waals surface area (Å²) in [6.45, 7) is 8.93. The monoisotopic (exact) mass is 470 g/mol. The van der Waals surface area contributed by atoms with Crippen molar-refractivity contribution in [1.82, 2.24) is 10.2 Å². The number of hydrogen-bond donors (Lipinski definition) is 1. The van der Waals surface area contributed by atoms with Crippen molar-refractivity contribution in [2.24, 2.45) is 5.41 Å². The summed E-state index contributed by atoms with van der Waals surface area (Å²) < 4.78 is 25.2. The fourth-order valence-electron chi connectivity index (χ4n) is 4.23. The third-order valence-corrected chi connectivity index (χ3v) is 5.96. The molecule has 0 fully saturated rings. The van der Waals surface area contributed by atoms with E-state index in [1.54, 1.807) is 13.2 Å². The fourth-order valence-corrected chi connectivity index (χ4v) is 4.23. The van der Waals surface area contributed by atoms with Crippen LogP contribution in [0.1, 0.15) is 56.8 Å². The first-order valence-corrected chi connectivity index (χ1v) is 11.8. The molecule has 3 rings (SSSR count). The number of carbonyl (C=O) groups excluding carboxylic acids is 2. The summed E-state index contributed by atoms with van der Waals surface area (Å²) >= 11 is 0. The number of nitrogens with zero attached hydrogens (tertiary/aromatic N) is 1. The van der Waals surface area contributed by atoms with Crippen molar-refractivity contribution in [2.45, 2.75) is 52.7 Å². The van der Waals surface area contributed by atoms with E-state index in [2.05, 4.69) is 5.32 Å². The minimum absolute atomic E-state index is 0.00249. The van der Waals surface area contributed by atoms with E-state index in [-0.39, 0.29) is 17.6 Å². The van der Waals surface area contributed by atoms with Crippen molar-refractivity contribution in [3.8, 4) is 5.75 Å². The molecule has 1 aliphatic heterocycles. The van der Waals surface area contributed by atoms with Crippen LogP contribution in [0.2, 0.25) is 0 Å². The van der Waals surface area contributed by atoms with Crippen LogP contribution in [0.3, 0.4) is 0 Å². The molecule has 0 aromatic heterocycles. The SMILES string of the molecule is CC[C@@H](Oc1ccc2c(c1)[C@H](c1cccc(F)c1)N(C(=O)C(C)(C)C)CC2)C(=O)NCCOC. The number of amides is 2. The summed E-state index contributed by atoms with van der Waals surface area (Å²) in [4.78, 5) is 27.7. The highest BCUT2D eigenvalue weighted by atomic mass is 19.1. The molecule has 0 saturated heterocycles. The molecule has 0 radical (unpaired) electrons. The number of benzene rings is 2. The predicted octanol–water partition coefficient (Wildman–Crippen LogP) is 4.27. The van der Waals surface area contributed by atoms with Gasteiger partial charge >= 0.3 is 0 Å². The van der Waals surface area contributed by atoms with Gasteiger partial charge in [-0.2, -0.15) is 0 Å². The van der Waals surface area contributed by atoms with E-state index < -0.39 is 17.6 Å². The molecule has 0 spiro atoms. The van der Waals surface area contributed by atoms with Crippen molar-refractivity contribution < 1.29 is 23.5 Å². The second-order valence-electron chi connectivity index (χ2n) is 9.62. The van der Waals surface area contributed by atoms with Gasteiger partial charge in [0.2, 0.25) is 5.91 Å². The van der Waals surface area contributed by atoms with Crippen LogP contribution in [0.4, 0.5) is 4.39 Å². The van der Waals surface area contributed by atoms with Gasteiger partial charge in [-0.15, -0.1) is 0 Å². The molecule has 0 unspecified atom stereocenters. The van der Waals surface area contributed by atoms with E-state index in [4.69, 9.17) is 9.47 Å². The van der Waals surface area contributed by atoms with E-state index in [9.17, 15) is 14.0 Å². The van der Waals surface area contributed by atoms with Crippen molar-refractivity contribution in [1.29, 1.82) is 0 Å². The first-order valence-electron chi connectivity index (χ1n) is 11.8. The second-order valence-corrected chi connectivity index (χ2v) is 9.62. The molecule has 1 heterocycles. The van der Waals surface area contributed by atoms with E-state index in [0.717, 1.165) is 11.1 Å². The number of methoxy groups -OCH3 is 1. The Kier molecular flexibility index (Phi) is 8.31. The van der Waals surface area contributed by atoms with Crippen LogP contribution in [0.25, 0.3) is 0 Å². The molecule has 0 aliphatic carbocycles. The van der Waals surface area contributed by atoms with Crippen molar-refractivity contribution >= 4 is 11.8 Å². The first kappa shape index (κ1) is 25.7. The summed E-state index contributed by atoms with van der Waals surface area (Å²) in [5, 5.41) is 2.81. The third kappa shape index (κ3) is 5.95. The lowest BCUT2D eigenvalue weighted by atomic mass is 9.85. The van der Waals surface area contributed by atoms with Crippen LogP contribution < -0.4 is 10.1 Å². The molecule has 34 heavy (non-hydrogen) atoms. The highest BCUT2D eigenvalue weighted by Crippen LogP contribution is 2.39. The molecular formula is C27H35FN2O4. The average molecular weight is 471 g/mol. The molecule has 6 nitrogen and oxygen atoms in total. The van der Waals surface area contributed by atoms with Gasteiger partial charge in [0.25, 0.3) is 5.91 Å². The molecule has 0 bridgehead atoms. The second kappa shape index (κ2) is 11.0. The Bertz CT molecular complexity index is 1020. The summed E-state index contributed by atoms with van der Waals surface area (Å²) in [5.74, 6) is -0.0101. The number of hydrogen-bond acceptors (Lipinski definition) is 4. The number of halogens is 1. The summed E-state index contributed by atoms with van der Waals surface area (Å²) in [6, 6.07) is 11.7. The fraction of sp³-hybridized carbons (Fsp3) is 0.481. The van der Waals surface area contributed by atoms with Gasteiger partial charge in [-0.3, -0.25) is 9.59 Å². The maximum atomic E-state index is 14.2. The molecule has 2 atom stereocenters. The van der Waals surface area contributed by atoms with Crippen LogP contribution in [-0.4, -0.2) is 49.6 Å². The first-order chi connectivity index (χ1) is 16.2. The zero-order chi connectivity index (χ0) is 24.9. The largest absolute Gasteiger partial charge is 0.481 e. The Morgan fingerprint density at radius 3 is 2.62 bits per heavy atom. The Morgan fingerprint density at radius 1 is 1.21 bits per heavy atom. The van der Waals surface area contributed by atoms with Gasteiger partial charge in [0.05, 0.1) is 12.6 Å². The lowest BCUT2D eigenvalue weighted by molar-refractivity contribution is -0.141. The van der Waals surface area contributed by atoms with Crippen molar-refractivity contribution in [3.63, 3.8) is 0 Å². The highest BCUT2D eigenvalue weighted by Gasteiger charge is 2.37. The van der Waals surface area contributed by atoms with Gasteiger partial charge in [-0.05, 0) is 53.8 Å². The van der Waals surface area contributed by atoms with Crippen LogP contribution in [0, 0.1) is 11.2 Å². The molecule has 7 heteroatoms. The number of nitrogens with one attached hydrogen (secondary N) is 1. The number of fused-ring (bicyclic) bond motifs is 1. The smallest absolute Gasteiger partial charge is 0.261 e. The Balaban J connectivity index is 1.97. The molecule has 1 N–H and O–H groups in total. The average Bonchev–Trinajstić information content (AvgIpc) is 2.80. The topological polar surface area (TPSA) is 67.9 Å². The number of rotatable bonds is 8. The maximum Gasteiger partial charge on any atom is 0.261 e. The van der Waals surface area contributed by atoms with E-state index in [1.165, 1.54) is 12.1 Å². The summed E-state index contributed by atoms with van der Waals surface area (Å²) in [6.07, 6.45) is 0.536. The van der Waals surface area contributed by atoms with Gasteiger partial charge in [0.1, 0.15) is 11.6 Å². The maximum absolute atomic E-state index is 14.2. The Labute approximate surface area is 201 Å². The molecule has 1 aliphatic rings.